The van der Waals surface area contributed by atoms with Crippen molar-refractivity contribution in [3.05, 3.63) is 24.0 Å². The molecule has 1 fully saturated rings. The number of aromatic nitrogens is 1. The summed E-state index contributed by atoms with van der Waals surface area (Å²) in [5, 5.41) is 2.91. The Hall–Kier alpha value is -1.62. The van der Waals surface area contributed by atoms with E-state index in [1.807, 2.05) is 0 Å². The van der Waals surface area contributed by atoms with Crippen LogP contribution >= 0.6 is 0 Å². The number of amides is 1. The van der Waals surface area contributed by atoms with Gasteiger partial charge in [0.15, 0.2) is 0 Å². The summed E-state index contributed by atoms with van der Waals surface area (Å²) in [6, 6.07) is 3.33. The Morgan fingerprint density at radius 3 is 3.06 bits per heavy atom. The van der Waals surface area contributed by atoms with Gasteiger partial charge in [0, 0.05) is 13.1 Å². The number of nitrogens with zero attached hydrogens (tertiary/aromatic N) is 2. The molecule has 1 atom stereocenters. The van der Waals surface area contributed by atoms with Crippen molar-refractivity contribution in [2.75, 3.05) is 32.4 Å². The van der Waals surface area contributed by atoms with E-state index in [9.17, 15) is 4.79 Å². The van der Waals surface area contributed by atoms with Crippen molar-refractivity contribution in [1.29, 1.82) is 0 Å². The summed E-state index contributed by atoms with van der Waals surface area (Å²) in [5.74, 6) is 0.428. The van der Waals surface area contributed by atoms with E-state index in [1.165, 1.54) is 6.20 Å². The van der Waals surface area contributed by atoms with Crippen molar-refractivity contribution in [2.24, 2.45) is 5.92 Å². The van der Waals surface area contributed by atoms with Crippen LogP contribution in [0.4, 0.5) is 5.69 Å². The average Bonchev–Trinajstić information content (AvgIpc) is 2.73. The number of pyridine rings is 1. The van der Waals surface area contributed by atoms with Crippen LogP contribution < -0.4 is 11.1 Å². The third-order valence-corrected chi connectivity index (χ3v) is 3.06. The SMILES string of the molecule is CN1CCC(CNC(=O)c2ccc(N)cn2)C1. The molecule has 0 aliphatic carbocycles. The van der Waals surface area contributed by atoms with Crippen LogP contribution in [-0.4, -0.2) is 42.5 Å². The Balaban J connectivity index is 1.83. The molecule has 1 unspecified atom stereocenters. The van der Waals surface area contributed by atoms with Gasteiger partial charge in [-0.15, -0.1) is 0 Å². The highest BCUT2D eigenvalue weighted by atomic mass is 16.1. The van der Waals surface area contributed by atoms with Gasteiger partial charge in [-0.2, -0.15) is 0 Å². The van der Waals surface area contributed by atoms with Crippen molar-refractivity contribution in [3.8, 4) is 0 Å². The van der Waals surface area contributed by atoms with E-state index >= 15 is 0 Å². The van der Waals surface area contributed by atoms with Gasteiger partial charge in [-0.25, -0.2) is 4.98 Å². The van der Waals surface area contributed by atoms with Gasteiger partial charge in [-0.1, -0.05) is 0 Å². The van der Waals surface area contributed by atoms with E-state index in [0.717, 1.165) is 26.1 Å². The van der Waals surface area contributed by atoms with Crippen LogP contribution in [0.15, 0.2) is 18.3 Å². The minimum Gasteiger partial charge on any atom is -0.397 e. The van der Waals surface area contributed by atoms with Gasteiger partial charge in [0.25, 0.3) is 5.91 Å². The van der Waals surface area contributed by atoms with Crippen molar-refractivity contribution in [3.63, 3.8) is 0 Å². The highest BCUT2D eigenvalue weighted by molar-refractivity contribution is 5.92. The fourth-order valence-electron chi connectivity index (χ4n) is 2.06. The third kappa shape index (κ3) is 3.17. The predicted octanol–water partition coefficient (Wildman–Crippen LogP) is 0.345. The molecule has 3 N–H and O–H groups in total. The molecule has 0 aromatic carbocycles. The molecule has 1 amide bonds. The number of hydrogen-bond donors (Lipinski definition) is 2. The second kappa shape index (κ2) is 5.14. The predicted molar refractivity (Wildman–Crippen MR) is 66.6 cm³/mol. The molecule has 0 saturated carbocycles. The van der Waals surface area contributed by atoms with Crippen LogP contribution in [0.1, 0.15) is 16.9 Å². The summed E-state index contributed by atoms with van der Waals surface area (Å²) in [5.41, 5.74) is 6.51. The highest BCUT2D eigenvalue weighted by Crippen LogP contribution is 2.13. The number of rotatable bonds is 3. The number of carbonyl (C=O) groups is 1. The first-order valence-corrected chi connectivity index (χ1v) is 5.83. The molecule has 1 aromatic rings. The van der Waals surface area contributed by atoms with Crippen LogP contribution in [0, 0.1) is 5.92 Å². The lowest BCUT2D eigenvalue weighted by Crippen LogP contribution is -2.31. The number of nitrogens with one attached hydrogen (secondary N) is 1. The molecule has 1 aliphatic rings. The first kappa shape index (κ1) is 11.9. The molecule has 1 aromatic heterocycles. The summed E-state index contributed by atoms with van der Waals surface area (Å²) in [6.45, 7) is 2.88. The first-order chi connectivity index (χ1) is 8.15. The van der Waals surface area contributed by atoms with Gasteiger partial charge in [0.1, 0.15) is 5.69 Å². The summed E-state index contributed by atoms with van der Waals surface area (Å²) in [4.78, 5) is 18.0. The monoisotopic (exact) mass is 234 g/mol. The Morgan fingerprint density at radius 2 is 2.47 bits per heavy atom. The van der Waals surface area contributed by atoms with Gasteiger partial charge >= 0.3 is 0 Å². The van der Waals surface area contributed by atoms with Crippen molar-refractivity contribution in [2.45, 2.75) is 6.42 Å². The van der Waals surface area contributed by atoms with Crippen molar-refractivity contribution in [1.82, 2.24) is 15.2 Å². The van der Waals surface area contributed by atoms with Gasteiger partial charge in [-0.3, -0.25) is 4.79 Å². The minimum atomic E-state index is -0.125. The third-order valence-electron chi connectivity index (χ3n) is 3.06. The maximum atomic E-state index is 11.8. The Bertz CT molecular complexity index is 390. The van der Waals surface area contributed by atoms with E-state index in [1.54, 1.807) is 12.1 Å². The molecule has 5 heteroatoms. The second-order valence-electron chi connectivity index (χ2n) is 4.60. The molecule has 0 bridgehead atoms. The molecule has 17 heavy (non-hydrogen) atoms. The van der Waals surface area contributed by atoms with Gasteiger partial charge < -0.3 is 16.0 Å². The number of nitrogens with two attached hydrogens (primary N) is 1. The molecule has 0 spiro atoms. The lowest BCUT2D eigenvalue weighted by atomic mass is 10.1. The second-order valence-corrected chi connectivity index (χ2v) is 4.60. The number of hydrogen-bond acceptors (Lipinski definition) is 4. The van der Waals surface area contributed by atoms with Crippen LogP contribution in [0.2, 0.25) is 0 Å². The number of likely N-dealkylation sites (tertiary alicyclic amines) is 1. The smallest absolute Gasteiger partial charge is 0.269 e. The van der Waals surface area contributed by atoms with E-state index in [2.05, 4.69) is 22.2 Å². The quantitative estimate of drug-likeness (QED) is 0.791. The highest BCUT2D eigenvalue weighted by Gasteiger charge is 2.20. The lowest BCUT2D eigenvalue weighted by Gasteiger charge is -2.11. The molecule has 2 heterocycles. The molecule has 1 aliphatic heterocycles. The zero-order chi connectivity index (χ0) is 12.3. The van der Waals surface area contributed by atoms with Crippen LogP contribution in [-0.2, 0) is 0 Å². The van der Waals surface area contributed by atoms with E-state index in [-0.39, 0.29) is 5.91 Å². The zero-order valence-electron chi connectivity index (χ0n) is 10.0. The fourth-order valence-corrected chi connectivity index (χ4v) is 2.06. The zero-order valence-corrected chi connectivity index (χ0v) is 10.0. The minimum absolute atomic E-state index is 0.125. The summed E-state index contributed by atoms with van der Waals surface area (Å²) in [7, 11) is 2.10. The van der Waals surface area contributed by atoms with Gasteiger partial charge in [0.05, 0.1) is 11.9 Å². The summed E-state index contributed by atoms with van der Waals surface area (Å²) in [6.07, 6.45) is 2.64. The van der Waals surface area contributed by atoms with Crippen molar-refractivity contribution < 1.29 is 4.79 Å². The average molecular weight is 234 g/mol. The topological polar surface area (TPSA) is 71.2 Å². The van der Waals surface area contributed by atoms with Gasteiger partial charge in [0.2, 0.25) is 0 Å². The normalized spacial score (nSPS) is 20.4. The van der Waals surface area contributed by atoms with Gasteiger partial charge in [-0.05, 0) is 38.1 Å². The van der Waals surface area contributed by atoms with Crippen LogP contribution in [0.3, 0.4) is 0 Å². The van der Waals surface area contributed by atoms with E-state index < -0.39 is 0 Å². The van der Waals surface area contributed by atoms with Crippen LogP contribution in [0.25, 0.3) is 0 Å². The number of carbonyl (C=O) groups excluding carboxylic acids is 1. The molecular weight excluding hydrogens is 216 g/mol. The number of anilines is 1. The maximum absolute atomic E-state index is 11.8. The van der Waals surface area contributed by atoms with E-state index in [4.69, 9.17) is 5.73 Å². The molecule has 2 rings (SSSR count). The van der Waals surface area contributed by atoms with Crippen LogP contribution in [0.5, 0.6) is 0 Å². The number of nitrogen functional groups attached to an aromatic ring is 1. The Morgan fingerprint density at radius 1 is 1.65 bits per heavy atom. The fraction of sp³-hybridized carbons (Fsp3) is 0.500. The molecule has 0 radical (unpaired) electrons. The summed E-state index contributed by atoms with van der Waals surface area (Å²) >= 11 is 0. The van der Waals surface area contributed by atoms with E-state index in [0.29, 0.717) is 17.3 Å². The lowest BCUT2D eigenvalue weighted by molar-refractivity contribution is 0.0942. The maximum Gasteiger partial charge on any atom is 0.269 e. The molecule has 1 saturated heterocycles. The molecule has 5 nitrogen and oxygen atoms in total. The van der Waals surface area contributed by atoms with Crippen molar-refractivity contribution >= 4 is 11.6 Å². The standard InChI is InChI=1S/C12H18N4O/c1-16-5-4-9(8-16)6-15-12(17)11-3-2-10(13)7-14-11/h2-3,7,9H,4-6,8,13H2,1H3,(H,15,17). The molecular formula is C12H18N4O. The first-order valence-electron chi connectivity index (χ1n) is 5.83. The summed E-state index contributed by atoms with van der Waals surface area (Å²) < 4.78 is 0. The Kier molecular flexibility index (Phi) is 3.58. The largest absolute Gasteiger partial charge is 0.397 e. The Labute approximate surface area is 101 Å². The molecule has 92 valence electrons.